The monoisotopic (exact) mass is 461 g/mol. The van der Waals surface area contributed by atoms with Crippen molar-refractivity contribution in [3.63, 3.8) is 0 Å². The van der Waals surface area contributed by atoms with Crippen LogP contribution in [0.1, 0.15) is 49.3 Å². The standard InChI is InChI=1S/C28H29F2N3O/c1-3-4-8-19(2)17-31-28(34)27-32-25-16-22(21-11-13-23(29)24(30)15-21)12-14-26(25)33(27)18-20-9-6-5-7-10-20/h5-7,9-16,19H,3-4,8,17-18H2,1-2H3,(H,31,34)/t19-/m0/s1. The second-order valence-corrected chi connectivity index (χ2v) is 8.80. The van der Waals surface area contributed by atoms with E-state index in [1.807, 2.05) is 53.1 Å². The molecule has 1 atom stereocenters. The third kappa shape index (κ3) is 5.33. The molecule has 1 heterocycles. The summed E-state index contributed by atoms with van der Waals surface area (Å²) >= 11 is 0. The van der Waals surface area contributed by atoms with Gasteiger partial charge in [0.05, 0.1) is 11.0 Å². The topological polar surface area (TPSA) is 46.9 Å². The van der Waals surface area contributed by atoms with E-state index in [9.17, 15) is 13.6 Å². The second-order valence-electron chi connectivity index (χ2n) is 8.80. The molecule has 0 bridgehead atoms. The Balaban J connectivity index is 1.69. The summed E-state index contributed by atoms with van der Waals surface area (Å²) in [6.07, 6.45) is 3.33. The summed E-state index contributed by atoms with van der Waals surface area (Å²) in [6.45, 7) is 5.38. The van der Waals surface area contributed by atoms with Crippen LogP contribution in [-0.4, -0.2) is 22.0 Å². The van der Waals surface area contributed by atoms with E-state index in [4.69, 9.17) is 0 Å². The molecule has 0 unspecified atom stereocenters. The molecule has 4 aromatic rings. The third-order valence-electron chi connectivity index (χ3n) is 6.05. The van der Waals surface area contributed by atoms with Gasteiger partial charge in [0.2, 0.25) is 0 Å². The first kappa shape index (κ1) is 23.6. The van der Waals surface area contributed by atoms with E-state index in [2.05, 4.69) is 24.1 Å². The van der Waals surface area contributed by atoms with Crippen LogP contribution in [0.2, 0.25) is 0 Å². The minimum atomic E-state index is -0.899. The SMILES string of the molecule is CCCC[C@H](C)CNC(=O)c1nc2cc(-c3ccc(F)c(F)c3)ccc2n1Cc1ccccc1. The van der Waals surface area contributed by atoms with Crippen LogP contribution in [-0.2, 0) is 6.54 Å². The van der Waals surface area contributed by atoms with E-state index >= 15 is 0 Å². The minimum absolute atomic E-state index is 0.218. The van der Waals surface area contributed by atoms with E-state index in [0.29, 0.717) is 41.5 Å². The number of benzene rings is 3. The molecular formula is C28H29F2N3O. The highest BCUT2D eigenvalue weighted by atomic mass is 19.2. The molecule has 1 aromatic heterocycles. The van der Waals surface area contributed by atoms with Gasteiger partial charge in [-0.25, -0.2) is 13.8 Å². The smallest absolute Gasteiger partial charge is 0.287 e. The van der Waals surface area contributed by atoms with Crippen molar-refractivity contribution in [2.75, 3.05) is 6.54 Å². The van der Waals surface area contributed by atoms with E-state index in [-0.39, 0.29) is 5.91 Å². The van der Waals surface area contributed by atoms with Crippen LogP contribution in [0.3, 0.4) is 0 Å². The molecule has 0 spiro atoms. The van der Waals surface area contributed by atoms with Crippen molar-refractivity contribution in [1.82, 2.24) is 14.9 Å². The summed E-state index contributed by atoms with van der Waals surface area (Å²) in [5, 5.41) is 3.04. The minimum Gasteiger partial charge on any atom is -0.349 e. The lowest BCUT2D eigenvalue weighted by atomic mass is 10.0. The van der Waals surface area contributed by atoms with Crippen LogP contribution >= 0.6 is 0 Å². The number of nitrogens with one attached hydrogen (secondary N) is 1. The van der Waals surface area contributed by atoms with Gasteiger partial charge in [-0.15, -0.1) is 0 Å². The number of halogens is 2. The van der Waals surface area contributed by atoms with Crippen LogP contribution in [0, 0.1) is 17.6 Å². The number of amides is 1. The zero-order chi connectivity index (χ0) is 24.1. The lowest BCUT2D eigenvalue weighted by Gasteiger charge is -2.13. The summed E-state index contributed by atoms with van der Waals surface area (Å²) in [5.74, 6) is -1.28. The van der Waals surface area contributed by atoms with Gasteiger partial charge in [0.25, 0.3) is 5.91 Å². The fraction of sp³-hybridized carbons (Fsp3) is 0.286. The maximum absolute atomic E-state index is 13.8. The molecule has 4 nitrogen and oxygen atoms in total. The molecule has 0 aliphatic carbocycles. The van der Waals surface area contributed by atoms with Crippen molar-refractivity contribution >= 4 is 16.9 Å². The molecule has 34 heavy (non-hydrogen) atoms. The molecule has 0 aliphatic heterocycles. The van der Waals surface area contributed by atoms with Crippen molar-refractivity contribution in [2.24, 2.45) is 5.92 Å². The normalized spacial score (nSPS) is 12.1. The molecule has 0 saturated heterocycles. The first-order valence-electron chi connectivity index (χ1n) is 11.7. The van der Waals surface area contributed by atoms with Gasteiger partial charge in [-0.05, 0) is 53.3 Å². The molecular weight excluding hydrogens is 432 g/mol. The van der Waals surface area contributed by atoms with Gasteiger partial charge in [-0.2, -0.15) is 0 Å². The fourth-order valence-corrected chi connectivity index (χ4v) is 4.09. The number of rotatable bonds is 9. The van der Waals surface area contributed by atoms with Gasteiger partial charge >= 0.3 is 0 Å². The number of unbranched alkanes of at least 4 members (excludes halogenated alkanes) is 1. The highest BCUT2D eigenvalue weighted by Crippen LogP contribution is 2.27. The molecule has 0 fully saturated rings. The Bertz CT molecular complexity index is 1280. The predicted molar refractivity (Wildman–Crippen MR) is 132 cm³/mol. The van der Waals surface area contributed by atoms with E-state index in [1.54, 1.807) is 0 Å². The maximum atomic E-state index is 13.8. The average molecular weight is 462 g/mol. The Morgan fingerprint density at radius 1 is 1.00 bits per heavy atom. The number of fused-ring (bicyclic) bond motifs is 1. The van der Waals surface area contributed by atoms with Gasteiger partial charge in [0, 0.05) is 13.1 Å². The summed E-state index contributed by atoms with van der Waals surface area (Å²) < 4.78 is 29.1. The van der Waals surface area contributed by atoms with Gasteiger partial charge in [-0.3, -0.25) is 4.79 Å². The van der Waals surface area contributed by atoms with Gasteiger partial charge in [0.1, 0.15) is 0 Å². The summed E-state index contributed by atoms with van der Waals surface area (Å²) in [7, 11) is 0. The van der Waals surface area contributed by atoms with E-state index in [1.165, 1.54) is 12.1 Å². The molecule has 0 radical (unpaired) electrons. The summed E-state index contributed by atoms with van der Waals surface area (Å²) in [6, 6.07) is 19.2. The molecule has 176 valence electrons. The number of hydrogen-bond donors (Lipinski definition) is 1. The van der Waals surface area contributed by atoms with Gasteiger partial charge in [-0.1, -0.05) is 69.2 Å². The number of carbonyl (C=O) groups is 1. The predicted octanol–water partition coefficient (Wildman–Crippen LogP) is 6.59. The van der Waals surface area contributed by atoms with Gasteiger partial charge in [0.15, 0.2) is 17.5 Å². The number of hydrogen-bond acceptors (Lipinski definition) is 2. The zero-order valence-corrected chi connectivity index (χ0v) is 19.5. The quantitative estimate of drug-likeness (QED) is 0.306. The second kappa shape index (κ2) is 10.6. The lowest BCUT2D eigenvalue weighted by molar-refractivity contribution is 0.0933. The lowest BCUT2D eigenvalue weighted by Crippen LogP contribution is -2.30. The van der Waals surface area contributed by atoms with Crippen molar-refractivity contribution in [3.8, 4) is 11.1 Å². The Morgan fingerprint density at radius 2 is 1.74 bits per heavy atom. The largest absolute Gasteiger partial charge is 0.349 e. The van der Waals surface area contributed by atoms with Crippen LogP contribution in [0.15, 0.2) is 66.7 Å². The molecule has 4 rings (SSSR count). The molecule has 3 aromatic carbocycles. The van der Waals surface area contributed by atoms with Crippen molar-refractivity contribution in [3.05, 3.63) is 89.8 Å². The number of imidazole rings is 1. The molecule has 1 amide bonds. The Labute approximate surface area is 198 Å². The van der Waals surface area contributed by atoms with Gasteiger partial charge < -0.3 is 9.88 Å². The number of aromatic nitrogens is 2. The third-order valence-corrected chi connectivity index (χ3v) is 6.05. The van der Waals surface area contributed by atoms with Crippen LogP contribution < -0.4 is 5.32 Å². The summed E-state index contributed by atoms with van der Waals surface area (Å²) in [4.78, 5) is 17.8. The highest BCUT2D eigenvalue weighted by Gasteiger charge is 2.19. The first-order chi connectivity index (χ1) is 16.5. The van der Waals surface area contributed by atoms with Crippen LogP contribution in [0.5, 0.6) is 0 Å². The zero-order valence-electron chi connectivity index (χ0n) is 19.5. The van der Waals surface area contributed by atoms with Crippen molar-refractivity contribution in [1.29, 1.82) is 0 Å². The van der Waals surface area contributed by atoms with Crippen LogP contribution in [0.25, 0.3) is 22.2 Å². The number of nitrogens with zero attached hydrogens (tertiary/aromatic N) is 2. The summed E-state index contributed by atoms with van der Waals surface area (Å²) in [5.41, 5.74) is 3.74. The molecule has 0 aliphatic rings. The Kier molecular flexibility index (Phi) is 7.36. The molecule has 1 N–H and O–H groups in total. The number of carbonyl (C=O) groups excluding carboxylic acids is 1. The average Bonchev–Trinajstić information content (AvgIpc) is 3.21. The Hall–Kier alpha value is -3.54. The molecule has 0 saturated carbocycles. The van der Waals surface area contributed by atoms with Crippen LogP contribution in [0.4, 0.5) is 8.78 Å². The molecule has 6 heteroatoms. The first-order valence-corrected chi connectivity index (χ1v) is 11.7. The van der Waals surface area contributed by atoms with E-state index < -0.39 is 11.6 Å². The maximum Gasteiger partial charge on any atom is 0.287 e. The highest BCUT2D eigenvalue weighted by molar-refractivity contribution is 5.95. The Morgan fingerprint density at radius 3 is 2.47 bits per heavy atom. The van der Waals surface area contributed by atoms with Crippen molar-refractivity contribution in [2.45, 2.75) is 39.7 Å². The van der Waals surface area contributed by atoms with E-state index in [0.717, 1.165) is 36.4 Å². The van der Waals surface area contributed by atoms with Crippen molar-refractivity contribution < 1.29 is 13.6 Å². The fourth-order valence-electron chi connectivity index (χ4n) is 4.09.